The topological polar surface area (TPSA) is 107 Å². The molecule has 1 aromatic carbocycles. The first-order valence-corrected chi connectivity index (χ1v) is 10.1. The Kier molecular flexibility index (Phi) is 7.80. The highest BCUT2D eigenvalue weighted by molar-refractivity contribution is 8.00. The van der Waals surface area contributed by atoms with Crippen LogP contribution in [0.1, 0.15) is 56.0 Å². The Labute approximate surface area is 169 Å². The normalized spacial score (nSPS) is 12.9. The second-order valence-corrected chi connectivity index (χ2v) is 7.63. The third-order valence-corrected chi connectivity index (χ3v) is 5.28. The Balaban J connectivity index is 2.07. The fourth-order valence-electron chi connectivity index (χ4n) is 2.51. The van der Waals surface area contributed by atoms with E-state index in [9.17, 15) is 9.59 Å². The zero-order valence-electron chi connectivity index (χ0n) is 16.6. The largest absolute Gasteiger partial charge is 0.462 e. The van der Waals surface area contributed by atoms with Crippen LogP contribution in [0.4, 0.5) is 11.5 Å². The van der Waals surface area contributed by atoms with Gasteiger partial charge in [-0.1, -0.05) is 43.8 Å². The molecule has 8 heteroatoms. The van der Waals surface area contributed by atoms with Gasteiger partial charge in [-0.05, 0) is 37.8 Å². The van der Waals surface area contributed by atoms with Gasteiger partial charge in [-0.15, -0.1) is 0 Å². The van der Waals surface area contributed by atoms with Gasteiger partial charge in [0.2, 0.25) is 5.91 Å². The van der Waals surface area contributed by atoms with Gasteiger partial charge in [0.05, 0.1) is 11.9 Å². The van der Waals surface area contributed by atoms with Crippen LogP contribution in [0, 0.1) is 0 Å². The SMILES string of the molecule is CCOC(=O)c1cnc(SC(C)C(=O)Nc2ccccc2C(C)CC)nc1N. The summed E-state index contributed by atoms with van der Waals surface area (Å²) in [5.41, 5.74) is 7.87. The third-order valence-electron chi connectivity index (χ3n) is 4.30. The van der Waals surface area contributed by atoms with Gasteiger partial charge in [0.25, 0.3) is 0 Å². The summed E-state index contributed by atoms with van der Waals surface area (Å²) in [5, 5.41) is 2.86. The van der Waals surface area contributed by atoms with Gasteiger partial charge in [-0.2, -0.15) is 0 Å². The van der Waals surface area contributed by atoms with Crippen molar-refractivity contribution in [1.29, 1.82) is 0 Å². The van der Waals surface area contributed by atoms with Gasteiger partial charge in [-0.25, -0.2) is 14.8 Å². The maximum atomic E-state index is 12.6. The van der Waals surface area contributed by atoms with E-state index in [1.54, 1.807) is 13.8 Å². The highest BCUT2D eigenvalue weighted by Crippen LogP contribution is 2.28. The molecule has 0 aliphatic carbocycles. The molecular weight excluding hydrogens is 376 g/mol. The first kappa shape index (κ1) is 21.7. The average molecular weight is 403 g/mol. The van der Waals surface area contributed by atoms with Gasteiger partial charge in [-0.3, -0.25) is 4.79 Å². The molecule has 0 spiro atoms. The number of benzene rings is 1. The van der Waals surface area contributed by atoms with Gasteiger partial charge in [0, 0.05) is 11.9 Å². The number of esters is 1. The van der Waals surface area contributed by atoms with Crippen molar-refractivity contribution in [3.63, 3.8) is 0 Å². The van der Waals surface area contributed by atoms with E-state index in [4.69, 9.17) is 10.5 Å². The smallest absolute Gasteiger partial charge is 0.343 e. The van der Waals surface area contributed by atoms with Crippen LogP contribution >= 0.6 is 11.8 Å². The minimum absolute atomic E-state index is 0.0330. The number of nitrogens with zero attached hydrogens (tertiary/aromatic N) is 2. The predicted molar refractivity (Wildman–Crippen MR) is 111 cm³/mol. The maximum absolute atomic E-state index is 12.6. The van der Waals surface area contributed by atoms with Crippen LogP contribution in [-0.2, 0) is 9.53 Å². The molecule has 28 heavy (non-hydrogen) atoms. The minimum atomic E-state index is -0.566. The second-order valence-electron chi connectivity index (χ2n) is 6.32. The molecule has 2 unspecified atom stereocenters. The van der Waals surface area contributed by atoms with E-state index in [1.807, 2.05) is 24.3 Å². The number of nitrogen functional groups attached to an aromatic ring is 1. The van der Waals surface area contributed by atoms with Crippen LogP contribution in [0.15, 0.2) is 35.6 Å². The zero-order chi connectivity index (χ0) is 20.7. The number of nitrogens with two attached hydrogens (primary N) is 1. The summed E-state index contributed by atoms with van der Waals surface area (Å²) in [6.45, 7) is 7.96. The van der Waals surface area contributed by atoms with Gasteiger partial charge in [0.1, 0.15) is 11.4 Å². The van der Waals surface area contributed by atoms with Gasteiger partial charge >= 0.3 is 5.97 Å². The van der Waals surface area contributed by atoms with E-state index >= 15 is 0 Å². The summed E-state index contributed by atoms with van der Waals surface area (Å²) in [6, 6.07) is 7.80. The van der Waals surface area contributed by atoms with E-state index in [-0.39, 0.29) is 23.9 Å². The van der Waals surface area contributed by atoms with Crippen molar-refractivity contribution in [1.82, 2.24) is 9.97 Å². The number of ether oxygens (including phenoxy) is 1. The summed E-state index contributed by atoms with van der Waals surface area (Å²) in [6.07, 6.45) is 2.31. The van der Waals surface area contributed by atoms with Crippen LogP contribution in [0.2, 0.25) is 0 Å². The molecule has 7 nitrogen and oxygen atoms in total. The molecule has 1 amide bonds. The van der Waals surface area contributed by atoms with Crippen molar-refractivity contribution in [2.75, 3.05) is 17.7 Å². The molecule has 0 saturated carbocycles. The molecule has 2 rings (SSSR count). The lowest BCUT2D eigenvalue weighted by Crippen LogP contribution is -2.23. The van der Waals surface area contributed by atoms with E-state index in [1.165, 1.54) is 18.0 Å². The maximum Gasteiger partial charge on any atom is 0.343 e. The standard InChI is InChI=1S/C20H26N4O3S/c1-5-12(3)14-9-7-8-10-16(14)23-18(25)13(4)28-20-22-11-15(17(21)24-20)19(26)27-6-2/h7-13H,5-6H2,1-4H3,(H,23,25)(H2,21,22,24). The van der Waals surface area contributed by atoms with E-state index in [2.05, 4.69) is 29.1 Å². The minimum Gasteiger partial charge on any atom is -0.462 e. The van der Waals surface area contributed by atoms with Crippen molar-refractivity contribution in [2.45, 2.75) is 50.4 Å². The number of rotatable bonds is 8. The van der Waals surface area contributed by atoms with E-state index in [0.29, 0.717) is 11.1 Å². The summed E-state index contributed by atoms with van der Waals surface area (Å²) < 4.78 is 4.90. The number of hydrogen-bond acceptors (Lipinski definition) is 7. The molecule has 1 aromatic heterocycles. The predicted octanol–water partition coefficient (Wildman–Crippen LogP) is 3.87. The van der Waals surface area contributed by atoms with E-state index < -0.39 is 11.2 Å². The first-order chi connectivity index (χ1) is 13.4. The summed E-state index contributed by atoms with van der Waals surface area (Å²) >= 11 is 1.17. The highest BCUT2D eigenvalue weighted by Gasteiger charge is 2.20. The van der Waals surface area contributed by atoms with Gasteiger partial charge < -0.3 is 15.8 Å². The number of carbonyl (C=O) groups excluding carboxylic acids is 2. The molecule has 150 valence electrons. The van der Waals surface area contributed by atoms with E-state index in [0.717, 1.165) is 17.7 Å². The molecule has 3 N–H and O–H groups in total. The van der Waals surface area contributed by atoms with Crippen LogP contribution < -0.4 is 11.1 Å². The Bertz CT molecular complexity index is 844. The van der Waals surface area contributed by atoms with Crippen LogP contribution in [0.5, 0.6) is 0 Å². The summed E-state index contributed by atoms with van der Waals surface area (Å²) in [4.78, 5) is 32.6. The third kappa shape index (κ3) is 5.45. The number of amides is 1. The monoisotopic (exact) mass is 402 g/mol. The van der Waals surface area contributed by atoms with Crippen molar-refractivity contribution in [3.05, 3.63) is 41.6 Å². The molecule has 0 fully saturated rings. The molecule has 2 atom stereocenters. The molecule has 2 aromatic rings. The van der Waals surface area contributed by atoms with Crippen molar-refractivity contribution >= 4 is 35.1 Å². The molecule has 0 aliphatic heterocycles. The zero-order valence-corrected chi connectivity index (χ0v) is 17.4. The number of para-hydroxylation sites is 1. The Hall–Kier alpha value is -2.61. The van der Waals surface area contributed by atoms with Crippen molar-refractivity contribution < 1.29 is 14.3 Å². The number of hydrogen-bond donors (Lipinski definition) is 2. The molecule has 1 heterocycles. The molecule has 0 radical (unpaired) electrons. The fourth-order valence-corrected chi connectivity index (χ4v) is 3.25. The summed E-state index contributed by atoms with van der Waals surface area (Å²) in [7, 11) is 0. The molecular formula is C20H26N4O3S. The van der Waals surface area contributed by atoms with Crippen molar-refractivity contribution in [2.24, 2.45) is 0 Å². The lowest BCUT2D eigenvalue weighted by atomic mass is 9.97. The number of anilines is 2. The quantitative estimate of drug-likeness (QED) is 0.392. The average Bonchev–Trinajstić information content (AvgIpc) is 2.68. The van der Waals surface area contributed by atoms with Crippen LogP contribution in [0.3, 0.4) is 0 Å². The number of nitrogens with one attached hydrogen (secondary N) is 1. The number of thioether (sulfide) groups is 1. The first-order valence-electron chi connectivity index (χ1n) is 9.23. The molecule has 0 aliphatic rings. The molecule has 0 bridgehead atoms. The van der Waals surface area contributed by atoms with Crippen LogP contribution in [0.25, 0.3) is 0 Å². The Morgan fingerprint density at radius 2 is 1.96 bits per heavy atom. The number of aromatic nitrogens is 2. The molecule has 0 saturated heterocycles. The highest BCUT2D eigenvalue weighted by atomic mass is 32.2. The van der Waals surface area contributed by atoms with Gasteiger partial charge in [0.15, 0.2) is 5.16 Å². The van der Waals surface area contributed by atoms with Crippen LogP contribution in [-0.4, -0.2) is 33.7 Å². The fraction of sp³-hybridized carbons (Fsp3) is 0.400. The Morgan fingerprint density at radius 1 is 1.25 bits per heavy atom. The lowest BCUT2D eigenvalue weighted by molar-refractivity contribution is -0.115. The lowest BCUT2D eigenvalue weighted by Gasteiger charge is -2.17. The number of carbonyl (C=O) groups is 2. The Morgan fingerprint density at radius 3 is 2.61 bits per heavy atom. The van der Waals surface area contributed by atoms with Crippen molar-refractivity contribution in [3.8, 4) is 0 Å². The summed E-state index contributed by atoms with van der Waals surface area (Å²) in [5.74, 6) is -0.343. The second kappa shape index (κ2) is 10.1.